The van der Waals surface area contributed by atoms with Crippen LogP contribution in [-0.2, 0) is 9.22 Å². The third-order valence-corrected chi connectivity index (χ3v) is 3.63. The molecule has 4 heteroatoms. The summed E-state index contributed by atoms with van der Waals surface area (Å²) in [7, 11) is -0.595. The van der Waals surface area contributed by atoms with Crippen molar-refractivity contribution < 1.29 is 9.22 Å². The van der Waals surface area contributed by atoms with Crippen molar-refractivity contribution in [3.8, 4) is 0 Å². The van der Waals surface area contributed by atoms with Gasteiger partial charge >= 0.3 is 0 Å². The molecule has 0 aliphatic carbocycles. The van der Waals surface area contributed by atoms with Gasteiger partial charge in [0, 0.05) is 6.61 Å². The average molecular weight is 187 g/mol. The maximum absolute atomic E-state index is 9.47. The summed E-state index contributed by atoms with van der Waals surface area (Å²) < 4.78 is 5.42. The Morgan fingerprint density at radius 3 is 2.42 bits per heavy atom. The Balaban J connectivity index is 0.000000217. The molecule has 0 saturated carbocycles. The third-order valence-electron chi connectivity index (χ3n) is 1.61. The molecule has 0 radical (unpaired) electrons. The van der Waals surface area contributed by atoms with Crippen molar-refractivity contribution in [3.63, 3.8) is 0 Å². The van der Waals surface area contributed by atoms with Gasteiger partial charge in [0.2, 0.25) is 5.91 Å². The molecular formula is C8H17NO2Si. The highest BCUT2D eigenvalue weighted by atomic mass is 28.3. The van der Waals surface area contributed by atoms with Crippen LogP contribution >= 0.6 is 0 Å². The average Bonchev–Trinajstić information content (AvgIpc) is 2.07. The summed E-state index contributed by atoms with van der Waals surface area (Å²) >= 11 is 0. The van der Waals surface area contributed by atoms with E-state index in [2.05, 4.69) is 18.9 Å². The normalized spacial score (nSPS) is 21.9. The lowest BCUT2D eigenvalue weighted by Crippen LogP contribution is -2.18. The number of amides is 1. The third kappa shape index (κ3) is 7.49. The lowest BCUT2D eigenvalue weighted by Gasteiger charge is -2.16. The number of nitrogens with two attached hydrogens (primary N) is 1. The van der Waals surface area contributed by atoms with E-state index in [-0.39, 0.29) is 0 Å². The van der Waals surface area contributed by atoms with Crippen LogP contribution in [-0.4, -0.2) is 21.6 Å². The number of hydrogen-bond acceptors (Lipinski definition) is 2. The molecule has 0 bridgehead atoms. The standard InChI is InChI=1S/C5H12OSi.C3H5NO/c1-7-5-3-2-4-6-7;1-2-3(4)5/h7H,2-5H2,1H3;2H,1H2,(H2,4,5). The maximum Gasteiger partial charge on any atom is 0.240 e. The van der Waals surface area contributed by atoms with Gasteiger partial charge in [0.25, 0.3) is 0 Å². The summed E-state index contributed by atoms with van der Waals surface area (Å²) in [5.41, 5.74) is 4.53. The molecule has 1 unspecified atom stereocenters. The van der Waals surface area contributed by atoms with Gasteiger partial charge < -0.3 is 10.2 Å². The second kappa shape index (κ2) is 7.06. The molecule has 1 atom stereocenters. The van der Waals surface area contributed by atoms with E-state index in [0.29, 0.717) is 0 Å². The van der Waals surface area contributed by atoms with Gasteiger partial charge in [-0.2, -0.15) is 0 Å². The molecule has 3 nitrogen and oxygen atoms in total. The van der Waals surface area contributed by atoms with Crippen LogP contribution < -0.4 is 5.73 Å². The molecule has 1 aliphatic heterocycles. The van der Waals surface area contributed by atoms with Gasteiger partial charge in [-0.1, -0.05) is 13.0 Å². The highest BCUT2D eigenvalue weighted by Crippen LogP contribution is 2.09. The Morgan fingerprint density at radius 1 is 1.67 bits per heavy atom. The second-order valence-corrected chi connectivity index (χ2v) is 5.32. The van der Waals surface area contributed by atoms with Gasteiger partial charge in [0.15, 0.2) is 9.04 Å². The molecular weight excluding hydrogens is 170 g/mol. The van der Waals surface area contributed by atoms with Crippen LogP contribution in [0.3, 0.4) is 0 Å². The SMILES string of the molecule is C=CC(N)=O.C[SiH]1CCCCO1. The first kappa shape index (κ1) is 11.4. The van der Waals surface area contributed by atoms with Crippen molar-refractivity contribution in [3.05, 3.63) is 12.7 Å². The molecule has 12 heavy (non-hydrogen) atoms. The van der Waals surface area contributed by atoms with Crippen molar-refractivity contribution >= 4 is 14.9 Å². The van der Waals surface area contributed by atoms with E-state index in [1.165, 1.54) is 18.9 Å². The lowest BCUT2D eigenvalue weighted by molar-refractivity contribution is -0.113. The van der Waals surface area contributed by atoms with Gasteiger partial charge in [-0.25, -0.2) is 0 Å². The highest BCUT2D eigenvalue weighted by molar-refractivity contribution is 6.50. The van der Waals surface area contributed by atoms with Crippen LogP contribution in [0.4, 0.5) is 0 Å². The van der Waals surface area contributed by atoms with Crippen LogP contribution in [0.2, 0.25) is 12.6 Å². The maximum atomic E-state index is 9.47. The van der Waals surface area contributed by atoms with Crippen LogP contribution in [0, 0.1) is 0 Å². The zero-order valence-corrected chi connectivity index (χ0v) is 8.74. The Labute approximate surface area is 75.3 Å². The molecule has 1 rings (SSSR count). The minimum Gasteiger partial charge on any atom is -0.420 e. The summed E-state index contributed by atoms with van der Waals surface area (Å²) in [5.74, 6) is -0.481. The van der Waals surface area contributed by atoms with Gasteiger partial charge in [-0.3, -0.25) is 4.79 Å². The van der Waals surface area contributed by atoms with E-state index in [1.54, 1.807) is 0 Å². The fourth-order valence-electron chi connectivity index (χ4n) is 0.902. The largest absolute Gasteiger partial charge is 0.420 e. The van der Waals surface area contributed by atoms with Crippen molar-refractivity contribution in [2.45, 2.75) is 25.4 Å². The molecule has 70 valence electrons. The van der Waals surface area contributed by atoms with E-state index in [4.69, 9.17) is 4.43 Å². The molecule has 0 aromatic heterocycles. The smallest absolute Gasteiger partial charge is 0.240 e. The van der Waals surface area contributed by atoms with Crippen LogP contribution in [0.5, 0.6) is 0 Å². The first-order chi connectivity index (χ1) is 5.66. The van der Waals surface area contributed by atoms with E-state index < -0.39 is 14.9 Å². The molecule has 1 amide bonds. The van der Waals surface area contributed by atoms with Gasteiger partial charge in [0.05, 0.1) is 0 Å². The summed E-state index contributed by atoms with van der Waals surface area (Å²) in [6.07, 6.45) is 3.78. The fraction of sp³-hybridized carbons (Fsp3) is 0.625. The number of primary amides is 1. The summed E-state index contributed by atoms with van der Waals surface area (Å²) in [6.45, 7) is 6.41. The Bertz CT molecular complexity index is 144. The van der Waals surface area contributed by atoms with E-state index in [1.807, 2.05) is 0 Å². The number of hydrogen-bond donors (Lipinski definition) is 1. The molecule has 2 N–H and O–H groups in total. The van der Waals surface area contributed by atoms with Crippen molar-refractivity contribution in [1.82, 2.24) is 0 Å². The van der Waals surface area contributed by atoms with Crippen LogP contribution in [0.25, 0.3) is 0 Å². The highest BCUT2D eigenvalue weighted by Gasteiger charge is 2.08. The summed E-state index contributed by atoms with van der Waals surface area (Å²) in [6, 6.07) is 1.40. The van der Waals surface area contributed by atoms with Gasteiger partial charge in [-0.05, 0) is 25.1 Å². The first-order valence-electron chi connectivity index (χ1n) is 4.20. The van der Waals surface area contributed by atoms with E-state index >= 15 is 0 Å². The minimum absolute atomic E-state index is 0.481. The quantitative estimate of drug-likeness (QED) is 0.488. The van der Waals surface area contributed by atoms with Crippen molar-refractivity contribution in [2.75, 3.05) is 6.61 Å². The molecule has 1 aliphatic rings. The van der Waals surface area contributed by atoms with Gasteiger partial charge in [0.1, 0.15) is 0 Å². The molecule has 0 aromatic carbocycles. The predicted octanol–water partition coefficient (Wildman–Crippen LogP) is 0.808. The van der Waals surface area contributed by atoms with Crippen molar-refractivity contribution in [2.24, 2.45) is 5.73 Å². The number of rotatable bonds is 1. The lowest BCUT2D eigenvalue weighted by atomic mass is 10.4. The monoisotopic (exact) mass is 187 g/mol. The van der Waals surface area contributed by atoms with E-state index in [0.717, 1.165) is 12.7 Å². The first-order valence-corrected chi connectivity index (χ1v) is 6.64. The molecule has 0 aromatic rings. The second-order valence-electron chi connectivity index (χ2n) is 2.78. The zero-order valence-electron chi connectivity index (χ0n) is 7.58. The van der Waals surface area contributed by atoms with Crippen molar-refractivity contribution in [1.29, 1.82) is 0 Å². The van der Waals surface area contributed by atoms with Gasteiger partial charge in [-0.15, -0.1) is 0 Å². The fourth-order valence-corrected chi connectivity index (χ4v) is 2.50. The number of carbonyl (C=O) groups is 1. The summed E-state index contributed by atoms with van der Waals surface area (Å²) in [4.78, 5) is 9.47. The topological polar surface area (TPSA) is 52.3 Å². The Hall–Kier alpha value is -0.613. The molecule has 1 saturated heterocycles. The number of carbonyl (C=O) groups excluding carboxylic acids is 1. The van der Waals surface area contributed by atoms with Crippen LogP contribution in [0.15, 0.2) is 12.7 Å². The molecule has 1 fully saturated rings. The Morgan fingerprint density at radius 2 is 2.25 bits per heavy atom. The summed E-state index contributed by atoms with van der Waals surface area (Å²) in [5, 5.41) is 0. The van der Waals surface area contributed by atoms with E-state index in [9.17, 15) is 4.79 Å². The van der Waals surface area contributed by atoms with Crippen LogP contribution in [0.1, 0.15) is 12.8 Å². The minimum atomic E-state index is -0.595. The molecule has 1 heterocycles. The Kier molecular flexibility index (Phi) is 6.70. The zero-order chi connectivity index (χ0) is 9.40. The predicted molar refractivity (Wildman–Crippen MR) is 52.4 cm³/mol. The molecule has 0 spiro atoms.